The number of aliphatic hydroxyl groups is 1. The Kier molecular flexibility index (Phi) is 5.65. The first-order valence-corrected chi connectivity index (χ1v) is 8.20. The number of rotatable bonds is 7. The molecule has 0 radical (unpaired) electrons. The highest BCUT2D eigenvalue weighted by molar-refractivity contribution is 5.43. The Morgan fingerprint density at radius 1 is 1.19 bits per heavy atom. The van der Waals surface area contributed by atoms with Gasteiger partial charge >= 0.3 is 0 Å². The summed E-state index contributed by atoms with van der Waals surface area (Å²) in [4.78, 5) is 0. The molecule has 0 spiro atoms. The molecule has 0 saturated heterocycles. The summed E-state index contributed by atoms with van der Waals surface area (Å²) in [7, 11) is 0. The van der Waals surface area contributed by atoms with Gasteiger partial charge in [0.15, 0.2) is 0 Å². The van der Waals surface area contributed by atoms with Crippen molar-refractivity contribution in [1.82, 2.24) is 5.32 Å². The second kappa shape index (κ2) is 7.28. The summed E-state index contributed by atoms with van der Waals surface area (Å²) >= 11 is 0. The van der Waals surface area contributed by atoms with Crippen LogP contribution in [-0.4, -0.2) is 23.9 Å². The van der Waals surface area contributed by atoms with Crippen molar-refractivity contribution in [3.8, 4) is 5.75 Å². The molecule has 2 N–H and O–H groups in total. The molecule has 118 valence electrons. The minimum atomic E-state index is -0.611. The van der Waals surface area contributed by atoms with Crippen LogP contribution >= 0.6 is 0 Å². The average molecular weight is 291 g/mol. The van der Waals surface area contributed by atoms with E-state index in [1.165, 1.54) is 5.56 Å². The molecule has 21 heavy (non-hydrogen) atoms. The summed E-state index contributed by atoms with van der Waals surface area (Å²) < 4.78 is 5.96. The standard InChI is InChI=1S/C18H29NO2/c1-4-9-19-12-16-10-14(2)17(15(3)11-16)21-13-18(20)7-5-6-8-18/h10-11,19-20H,4-9,12-13H2,1-3H3. The van der Waals surface area contributed by atoms with Gasteiger partial charge in [-0.05, 0) is 56.3 Å². The molecule has 1 aromatic carbocycles. The number of nitrogens with one attached hydrogen (secondary N) is 1. The van der Waals surface area contributed by atoms with E-state index >= 15 is 0 Å². The molecule has 1 aromatic rings. The Morgan fingerprint density at radius 3 is 2.38 bits per heavy atom. The van der Waals surface area contributed by atoms with Crippen molar-refractivity contribution in [2.75, 3.05) is 13.2 Å². The van der Waals surface area contributed by atoms with Crippen molar-refractivity contribution < 1.29 is 9.84 Å². The third-order valence-electron chi connectivity index (χ3n) is 4.30. The Balaban J connectivity index is 1.99. The Morgan fingerprint density at radius 2 is 1.81 bits per heavy atom. The fourth-order valence-corrected chi connectivity index (χ4v) is 3.16. The van der Waals surface area contributed by atoms with Crippen LogP contribution in [0.2, 0.25) is 0 Å². The number of ether oxygens (including phenoxy) is 1. The summed E-state index contributed by atoms with van der Waals surface area (Å²) in [6.45, 7) is 8.72. The second-order valence-electron chi connectivity index (χ2n) is 6.46. The maximum atomic E-state index is 10.4. The Hall–Kier alpha value is -1.06. The van der Waals surface area contributed by atoms with Crippen molar-refractivity contribution in [3.05, 3.63) is 28.8 Å². The van der Waals surface area contributed by atoms with E-state index < -0.39 is 5.60 Å². The fourth-order valence-electron chi connectivity index (χ4n) is 3.16. The van der Waals surface area contributed by atoms with E-state index in [9.17, 15) is 5.11 Å². The van der Waals surface area contributed by atoms with Gasteiger partial charge < -0.3 is 15.2 Å². The molecule has 1 fully saturated rings. The van der Waals surface area contributed by atoms with Gasteiger partial charge in [-0.1, -0.05) is 31.9 Å². The zero-order valence-corrected chi connectivity index (χ0v) is 13.7. The molecule has 0 heterocycles. The maximum Gasteiger partial charge on any atom is 0.125 e. The number of hydrogen-bond acceptors (Lipinski definition) is 3. The molecule has 0 amide bonds. The first-order chi connectivity index (χ1) is 10.0. The van der Waals surface area contributed by atoms with Crippen LogP contribution in [0.5, 0.6) is 5.75 Å². The van der Waals surface area contributed by atoms with Gasteiger partial charge in [-0.3, -0.25) is 0 Å². The lowest BCUT2D eigenvalue weighted by molar-refractivity contribution is 0.00103. The molecule has 1 saturated carbocycles. The van der Waals surface area contributed by atoms with Crippen LogP contribution in [0, 0.1) is 13.8 Å². The van der Waals surface area contributed by atoms with Crippen molar-refractivity contribution >= 4 is 0 Å². The normalized spacial score (nSPS) is 17.1. The number of aryl methyl sites for hydroxylation is 2. The molecule has 0 unspecified atom stereocenters. The summed E-state index contributed by atoms with van der Waals surface area (Å²) in [5.41, 5.74) is 3.00. The molecule has 0 atom stereocenters. The van der Waals surface area contributed by atoms with Crippen molar-refractivity contribution in [2.45, 2.75) is 65.0 Å². The van der Waals surface area contributed by atoms with Crippen LogP contribution in [0.15, 0.2) is 12.1 Å². The molecule has 3 heteroatoms. The van der Waals surface area contributed by atoms with Crippen LogP contribution in [0.4, 0.5) is 0 Å². The first-order valence-electron chi connectivity index (χ1n) is 8.20. The van der Waals surface area contributed by atoms with Crippen molar-refractivity contribution in [1.29, 1.82) is 0 Å². The van der Waals surface area contributed by atoms with E-state index in [1.54, 1.807) is 0 Å². The molecule has 2 rings (SSSR count). The van der Waals surface area contributed by atoms with E-state index in [-0.39, 0.29) is 0 Å². The number of hydrogen-bond donors (Lipinski definition) is 2. The van der Waals surface area contributed by atoms with Gasteiger partial charge in [-0.2, -0.15) is 0 Å². The van der Waals surface area contributed by atoms with E-state index in [2.05, 4.69) is 38.2 Å². The van der Waals surface area contributed by atoms with E-state index in [0.717, 1.165) is 62.1 Å². The van der Waals surface area contributed by atoms with E-state index in [4.69, 9.17) is 4.74 Å². The Labute approximate surface area is 128 Å². The predicted octanol–water partition coefficient (Wildman–Crippen LogP) is 3.49. The fraction of sp³-hybridized carbons (Fsp3) is 0.667. The maximum absolute atomic E-state index is 10.4. The molecule has 1 aliphatic rings. The lowest BCUT2D eigenvalue weighted by Crippen LogP contribution is -2.32. The third kappa shape index (κ3) is 4.45. The zero-order valence-electron chi connectivity index (χ0n) is 13.7. The van der Waals surface area contributed by atoms with Crippen LogP contribution in [0.1, 0.15) is 55.7 Å². The van der Waals surface area contributed by atoms with Crippen LogP contribution in [-0.2, 0) is 6.54 Å². The van der Waals surface area contributed by atoms with Crippen molar-refractivity contribution in [2.24, 2.45) is 0 Å². The molecule has 3 nitrogen and oxygen atoms in total. The lowest BCUT2D eigenvalue weighted by atomic mass is 10.0. The van der Waals surface area contributed by atoms with Gasteiger partial charge in [0.05, 0.1) is 5.60 Å². The predicted molar refractivity (Wildman–Crippen MR) is 86.8 cm³/mol. The number of benzene rings is 1. The molecular formula is C18H29NO2. The molecule has 1 aliphatic carbocycles. The molecule has 0 aromatic heterocycles. The van der Waals surface area contributed by atoms with Gasteiger partial charge in [-0.15, -0.1) is 0 Å². The second-order valence-corrected chi connectivity index (χ2v) is 6.46. The Bertz CT molecular complexity index is 441. The lowest BCUT2D eigenvalue weighted by Gasteiger charge is -2.24. The topological polar surface area (TPSA) is 41.5 Å². The van der Waals surface area contributed by atoms with E-state index in [0.29, 0.717) is 6.61 Å². The van der Waals surface area contributed by atoms with Crippen LogP contribution in [0.3, 0.4) is 0 Å². The molecular weight excluding hydrogens is 262 g/mol. The summed E-state index contributed by atoms with van der Waals surface area (Å²) in [5, 5.41) is 13.8. The highest BCUT2D eigenvalue weighted by Crippen LogP contribution is 2.32. The summed E-state index contributed by atoms with van der Waals surface area (Å²) in [5.74, 6) is 0.939. The molecule has 0 bridgehead atoms. The SMILES string of the molecule is CCCNCc1cc(C)c(OCC2(O)CCCC2)c(C)c1. The smallest absolute Gasteiger partial charge is 0.125 e. The average Bonchev–Trinajstić information content (AvgIpc) is 2.85. The quantitative estimate of drug-likeness (QED) is 0.756. The summed E-state index contributed by atoms with van der Waals surface area (Å²) in [6.07, 6.45) is 5.10. The largest absolute Gasteiger partial charge is 0.490 e. The zero-order chi connectivity index (χ0) is 15.3. The van der Waals surface area contributed by atoms with Crippen LogP contribution in [0.25, 0.3) is 0 Å². The highest BCUT2D eigenvalue weighted by atomic mass is 16.5. The van der Waals surface area contributed by atoms with E-state index in [1.807, 2.05) is 0 Å². The minimum absolute atomic E-state index is 0.419. The van der Waals surface area contributed by atoms with Crippen LogP contribution < -0.4 is 10.1 Å². The minimum Gasteiger partial charge on any atom is -0.490 e. The third-order valence-corrected chi connectivity index (χ3v) is 4.30. The van der Waals surface area contributed by atoms with Gasteiger partial charge in [0.2, 0.25) is 0 Å². The van der Waals surface area contributed by atoms with Gasteiger partial charge in [0.25, 0.3) is 0 Å². The summed E-state index contributed by atoms with van der Waals surface area (Å²) in [6, 6.07) is 4.37. The highest BCUT2D eigenvalue weighted by Gasteiger charge is 2.32. The van der Waals surface area contributed by atoms with Gasteiger partial charge in [0, 0.05) is 6.54 Å². The van der Waals surface area contributed by atoms with Gasteiger partial charge in [-0.25, -0.2) is 0 Å². The van der Waals surface area contributed by atoms with Gasteiger partial charge in [0.1, 0.15) is 12.4 Å². The molecule has 0 aliphatic heterocycles. The monoisotopic (exact) mass is 291 g/mol. The first kappa shape index (κ1) is 16.3. The van der Waals surface area contributed by atoms with Crippen molar-refractivity contribution in [3.63, 3.8) is 0 Å².